The van der Waals surface area contributed by atoms with Gasteiger partial charge in [-0.2, -0.15) is 0 Å². The zero-order valence-electron chi connectivity index (χ0n) is 11.4. The molecule has 0 aliphatic rings. The van der Waals surface area contributed by atoms with E-state index >= 15 is 0 Å². The maximum Gasteiger partial charge on any atom is 0.263 e. The van der Waals surface area contributed by atoms with Gasteiger partial charge in [-0.05, 0) is 6.07 Å². The first-order valence-corrected chi connectivity index (χ1v) is 8.16. The predicted octanol–water partition coefficient (Wildman–Crippen LogP) is 1.45. The van der Waals surface area contributed by atoms with Crippen LogP contribution >= 0.6 is 11.3 Å². The molecule has 114 valence electrons. The molecule has 2 N–H and O–H groups in total. The Morgan fingerprint density at radius 3 is 2.62 bits per heavy atom. The number of benzene rings is 1. The van der Waals surface area contributed by atoms with Crippen molar-refractivity contribution >= 4 is 26.5 Å². The zero-order valence-corrected chi connectivity index (χ0v) is 13.0. The summed E-state index contributed by atoms with van der Waals surface area (Å²) in [5.41, 5.74) is 0.316. The molecule has 9 heteroatoms. The molecule has 0 spiro atoms. The molecule has 0 atom stereocenters. The highest BCUT2D eigenvalue weighted by molar-refractivity contribution is 7.93. The van der Waals surface area contributed by atoms with Gasteiger partial charge in [0.1, 0.15) is 0 Å². The van der Waals surface area contributed by atoms with E-state index in [1.165, 1.54) is 43.9 Å². The molecule has 0 aliphatic carbocycles. The lowest BCUT2D eigenvalue weighted by molar-refractivity contribution is 0.269. The number of nitrogens with zero attached hydrogens (tertiary/aromatic N) is 1. The van der Waals surface area contributed by atoms with Crippen LogP contribution in [0.15, 0.2) is 28.6 Å². The molecular weight excluding hydrogens is 316 g/mol. The van der Waals surface area contributed by atoms with Crippen LogP contribution in [-0.2, 0) is 16.6 Å². The van der Waals surface area contributed by atoms with Crippen LogP contribution in [0, 0.1) is 0 Å². The normalized spacial score (nSPS) is 11.2. The van der Waals surface area contributed by atoms with Crippen molar-refractivity contribution in [2.24, 2.45) is 0 Å². The lowest BCUT2D eigenvalue weighted by Crippen LogP contribution is -2.13. The molecule has 1 aromatic carbocycles. The molecular formula is C12H14N2O5S2. The number of ether oxygens (including phenoxy) is 2. The van der Waals surface area contributed by atoms with Crippen molar-refractivity contribution in [3.63, 3.8) is 0 Å². The van der Waals surface area contributed by atoms with Crippen molar-refractivity contribution in [1.82, 2.24) is 4.98 Å². The second kappa shape index (κ2) is 6.29. The minimum absolute atomic E-state index is 0.0422. The Balaban J connectivity index is 2.48. The molecule has 1 heterocycles. The van der Waals surface area contributed by atoms with Crippen molar-refractivity contribution in [2.45, 2.75) is 11.5 Å². The van der Waals surface area contributed by atoms with Gasteiger partial charge in [0.05, 0.1) is 25.7 Å². The van der Waals surface area contributed by atoms with E-state index in [1.54, 1.807) is 5.38 Å². The van der Waals surface area contributed by atoms with Crippen LogP contribution in [0.3, 0.4) is 0 Å². The van der Waals surface area contributed by atoms with Gasteiger partial charge in [0.25, 0.3) is 10.0 Å². The molecule has 7 nitrogen and oxygen atoms in total. The smallest absolute Gasteiger partial charge is 0.263 e. The molecule has 1 aromatic heterocycles. The highest BCUT2D eigenvalue weighted by Gasteiger charge is 2.21. The summed E-state index contributed by atoms with van der Waals surface area (Å²) >= 11 is 1.17. The van der Waals surface area contributed by atoms with Gasteiger partial charge in [0, 0.05) is 23.2 Å². The van der Waals surface area contributed by atoms with E-state index in [1.807, 2.05) is 0 Å². The van der Waals surface area contributed by atoms with Crippen LogP contribution in [0.4, 0.5) is 5.13 Å². The van der Waals surface area contributed by atoms with Gasteiger partial charge in [-0.3, -0.25) is 4.72 Å². The van der Waals surface area contributed by atoms with E-state index in [9.17, 15) is 13.5 Å². The average Bonchev–Trinajstić information content (AvgIpc) is 2.97. The number of sulfonamides is 1. The van der Waals surface area contributed by atoms with Crippen LogP contribution in [0.1, 0.15) is 5.56 Å². The fourth-order valence-corrected chi connectivity index (χ4v) is 3.59. The minimum atomic E-state index is -3.82. The molecule has 0 unspecified atom stereocenters. The lowest BCUT2D eigenvalue weighted by atomic mass is 10.2. The summed E-state index contributed by atoms with van der Waals surface area (Å²) in [5, 5.41) is 11.3. The fourth-order valence-electron chi connectivity index (χ4n) is 1.74. The summed E-state index contributed by atoms with van der Waals surface area (Å²) in [4.78, 5) is 3.83. The molecule has 21 heavy (non-hydrogen) atoms. The van der Waals surface area contributed by atoms with Crippen molar-refractivity contribution in [3.8, 4) is 11.5 Å². The van der Waals surface area contributed by atoms with Crippen LogP contribution < -0.4 is 14.2 Å². The number of aliphatic hydroxyl groups excluding tert-OH is 1. The van der Waals surface area contributed by atoms with Crippen LogP contribution in [0.5, 0.6) is 11.5 Å². The molecule has 0 radical (unpaired) electrons. The first-order chi connectivity index (χ1) is 10.0. The van der Waals surface area contributed by atoms with E-state index in [4.69, 9.17) is 9.47 Å². The number of aliphatic hydroxyl groups is 1. The number of nitrogens with one attached hydrogen (secondary N) is 1. The van der Waals surface area contributed by atoms with Crippen LogP contribution in [0.2, 0.25) is 0 Å². The molecule has 0 aliphatic heterocycles. The first kappa shape index (κ1) is 15.5. The Morgan fingerprint density at radius 1 is 1.33 bits per heavy atom. The molecule has 0 bridgehead atoms. The number of hydrogen-bond donors (Lipinski definition) is 2. The van der Waals surface area contributed by atoms with E-state index in [0.29, 0.717) is 11.3 Å². The third kappa shape index (κ3) is 3.26. The second-order valence-electron chi connectivity index (χ2n) is 3.92. The average molecular weight is 330 g/mol. The maximum atomic E-state index is 12.3. The van der Waals surface area contributed by atoms with E-state index < -0.39 is 10.0 Å². The van der Waals surface area contributed by atoms with Gasteiger partial charge in [-0.15, -0.1) is 11.3 Å². The molecule has 0 fully saturated rings. The summed E-state index contributed by atoms with van der Waals surface area (Å²) in [7, 11) is -1.01. The van der Waals surface area contributed by atoms with Crippen molar-refractivity contribution in [3.05, 3.63) is 29.3 Å². The monoisotopic (exact) mass is 330 g/mol. The quantitative estimate of drug-likeness (QED) is 0.832. The van der Waals surface area contributed by atoms with Crippen LogP contribution in [-0.4, -0.2) is 32.7 Å². The SMILES string of the molecule is COc1cc(S(=O)(=O)Nc2nccs2)cc(CO)c1OC. The van der Waals surface area contributed by atoms with Gasteiger partial charge < -0.3 is 14.6 Å². The summed E-state index contributed by atoms with van der Waals surface area (Å²) < 4.78 is 37.2. The number of thiazole rings is 1. The topological polar surface area (TPSA) is 97.8 Å². The van der Waals surface area contributed by atoms with Crippen LogP contribution in [0.25, 0.3) is 0 Å². The van der Waals surface area contributed by atoms with Gasteiger partial charge in [0.2, 0.25) is 0 Å². The van der Waals surface area contributed by atoms with Crippen molar-refractivity contribution in [1.29, 1.82) is 0 Å². The summed E-state index contributed by atoms with van der Waals surface area (Å²) in [6.45, 7) is -0.375. The summed E-state index contributed by atoms with van der Waals surface area (Å²) in [6, 6.07) is 2.66. The third-order valence-corrected chi connectivity index (χ3v) is 4.80. The standard InChI is InChI=1S/C12H14N2O5S2/c1-18-10-6-9(5-8(7-15)11(10)19-2)21(16,17)14-12-13-3-4-20-12/h3-6,15H,7H2,1-2H3,(H,13,14). The van der Waals surface area contributed by atoms with E-state index in [2.05, 4.69) is 9.71 Å². The highest BCUT2D eigenvalue weighted by Crippen LogP contribution is 2.34. The predicted molar refractivity (Wildman–Crippen MR) is 78.4 cm³/mol. The Hall–Kier alpha value is -1.84. The van der Waals surface area contributed by atoms with E-state index in [-0.39, 0.29) is 22.4 Å². The van der Waals surface area contributed by atoms with Gasteiger partial charge in [-0.1, -0.05) is 0 Å². The van der Waals surface area contributed by atoms with E-state index in [0.717, 1.165) is 0 Å². The largest absolute Gasteiger partial charge is 0.493 e. The molecule has 2 aromatic rings. The van der Waals surface area contributed by atoms with Crippen molar-refractivity contribution in [2.75, 3.05) is 18.9 Å². The molecule has 2 rings (SSSR count). The number of aromatic nitrogens is 1. The number of hydrogen-bond acceptors (Lipinski definition) is 7. The number of methoxy groups -OCH3 is 2. The summed E-state index contributed by atoms with van der Waals surface area (Å²) in [5.74, 6) is 0.525. The zero-order chi connectivity index (χ0) is 15.5. The Morgan fingerprint density at radius 2 is 2.10 bits per heavy atom. The Kier molecular flexibility index (Phi) is 4.66. The minimum Gasteiger partial charge on any atom is -0.493 e. The molecule has 0 amide bonds. The first-order valence-electron chi connectivity index (χ1n) is 5.80. The third-order valence-electron chi connectivity index (χ3n) is 2.66. The maximum absolute atomic E-state index is 12.3. The lowest BCUT2D eigenvalue weighted by Gasteiger charge is -2.14. The second-order valence-corrected chi connectivity index (χ2v) is 6.50. The van der Waals surface area contributed by atoms with Crippen molar-refractivity contribution < 1.29 is 23.0 Å². The van der Waals surface area contributed by atoms with Gasteiger partial charge in [-0.25, -0.2) is 13.4 Å². The molecule has 0 saturated carbocycles. The Bertz CT molecular complexity index is 688. The van der Waals surface area contributed by atoms with Gasteiger partial charge >= 0.3 is 0 Å². The highest BCUT2D eigenvalue weighted by atomic mass is 32.2. The molecule has 0 saturated heterocycles. The van der Waals surface area contributed by atoms with Gasteiger partial charge in [0.15, 0.2) is 16.6 Å². The fraction of sp³-hybridized carbons (Fsp3) is 0.250. The number of anilines is 1. The Labute approximate surface area is 126 Å². The number of rotatable bonds is 6. The summed E-state index contributed by atoms with van der Waals surface area (Å²) in [6.07, 6.45) is 1.50.